The highest BCUT2D eigenvalue weighted by Gasteiger charge is 2.16. The van der Waals surface area contributed by atoms with Gasteiger partial charge in [-0.3, -0.25) is 0 Å². The summed E-state index contributed by atoms with van der Waals surface area (Å²) in [6.07, 6.45) is 0.989. The second kappa shape index (κ2) is 5.21. The molecule has 0 spiro atoms. The highest BCUT2D eigenvalue weighted by Crippen LogP contribution is 2.22. The van der Waals surface area contributed by atoms with Crippen LogP contribution in [0, 0.1) is 5.92 Å². The van der Waals surface area contributed by atoms with Crippen molar-refractivity contribution < 1.29 is 19.8 Å². The van der Waals surface area contributed by atoms with Gasteiger partial charge in [-0.05, 0) is 17.6 Å². The maximum atomic E-state index is 10.5. The lowest BCUT2D eigenvalue weighted by Crippen LogP contribution is -2.33. The normalized spacial score (nSPS) is 9.86. The Hall–Kier alpha value is -1.58. The van der Waals surface area contributed by atoms with Crippen LogP contribution in [0.1, 0.15) is 19.8 Å². The third kappa shape index (κ3) is 3.05. The van der Waals surface area contributed by atoms with Crippen LogP contribution >= 0.6 is 0 Å². The molecule has 78 valence electrons. The summed E-state index contributed by atoms with van der Waals surface area (Å²) in [4.78, 5) is 21.0. The average Bonchev–Trinajstić information content (AvgIpc) is 2.11. The van der Waals surface area contributed by atoms with Crippen LogP contribution in [0.5, 0.6) is 0 Å². The number of aliphatic carboxylic acids is 2. The third-order valence-electron chi connectivity index (χ3n) is 1.94. The molecule has 0 saturated carbocycles. The van der Waals surface area contributed by atoms with Gasteiger partial charge in [-0.1, -0.05) is 26.5 Å². The van der Waals surface area contributed by atoms with E-state index in [2.05, 4.69) is 13.2 Å². The molecular formula is C10H12O4-2. The first kappa shape index (κ1) is 12.4. The van der Waals surface area contributed by atoms with Gasteiger partial charge in [-0.2, -0.15) is 0 Å². The van der Waals surface area contributed by atoms with E-state index in [-0.39, 0.29) is 11.1 Å². The molecule has 0 aromatic carbocycles. The Kier molecular flexibility index (Phi) is 4.63. The third-order valence-corrected chi connectivity index (χ3v) is 1.94. The Bertz CT molecular complexity index is 252. The molecule has 0 heterocycles. The van der Waals surface area contributed by atoms with Crippen molar-refractivity contribution in [2.24, 2.45) is 5.92 Å². The molecule has 0 aromatic heterocycles. The van der Waals surface area contributed by atoms with E-state index in [1.165, 1.54) is 0 Å². The summed E-state index contributed by atoms with van der Waals surface area (Å²) in [7, 11) is 0. The van der Waals surface area contributed by atoms with Crippen molar-refractivity contribution in [2.75, 3.05) is 0 Å². The van der Waals surface area contributed by atoms with E-state index in [0.717, 1.165) is 0 Å². The number of carboxylic acid groups (broad SMARTS) is 2. The lowest BCUT2D eigenvalue weighted by Gasteiger charge is -2.22. The molecular weight excluding hydrogens is 184 g/mol. The topological polar surface area (TPSA) is 80.3 Å². The Morgan fingerprint density at radius 1 is 1.14 bits per heavy atom. The highest BCUT2D eigenvalue weighted by molar-refractivity contribution is 5.91. The number of rotatable bonds is 6. The van der Waals surface area contributed by atoms with Crippen LogP contribution in [0.3, 0.4) is 0 Å². The lowest BCUT2D eigenvalue weighted by atomic mass is 9.89. The summed E-state index contributed by atoms with van der Waals surface area (Å²) >= 11 is 0. The minimum absolute atomic E-state index is 0.263. The molecule has 0 fully saturated rings. The Labute approximate surface area is 82.6 Å². The number of carbonyl (C=O) groups excluding carboxylic acids is 2. The van der Waals surface area contributed by atoms with Crippen molar-refractivity contribution >= 4 is 11.9 Å². The van der Waals surface area contributed by atoms with Crippen molar-refractivity contribution in [1.29, 1.82) is 0 Å². The Morgan fingerprint density at radius 2 is 1.50 bits per heavy atom. The quantitative estimate of drug-likeness (QED) is 0.511. The van der Waals surface area contributed by atoms with Gasteiger partial charge >= 0.3 is 0 Å². The molecule has 4 nitrogen and oxygen atoms in total. The van der Waals surface area contributed by atoms with Gasteiger partial charge in [0.1, 0.15) is 0 Å². The van der Waals surface area contributed by atoms with Crippen molar-refractivity contribution in [1.82, 2.24) is 0 Å². The van der Waals surface area contributed by atoms with Crippen LogP contribution in [-0.4, -0.2) is 11.9 Å². The van der Waals surface area contributed by atoms with Crippen LogP contribution in [-0.2, 0) is 9.59 Å². The van der Waals surface area contributed by atoms with E-state index >= 15 is 0 Å². The van der Waals surface area contributed by atoms with Gasteiger partial charge in [-0.15, -0.1) is 0 Å². The average molecular weight is 196 g/mol. The fourth-order valence-corrected chi connectivity index (χ4v) is 1.13. The summed E-state index contributed by atoms with van der Waals surface area (Å²) in [6.45, 7) is 8.33. The zero-order chi connectivity index (χ0) is 11.3. The molecule has 0 aliphatic carbocycles. The van der Waals surface area contributed by atoms with Gasteiger partial charge in [0.15, 0.2) is 0 Å². The standard InChI is InChI=1S/C10H14O4/c1-4-5-8(6(2)9(11)12)7(3)10(13)14/h8H,2-5H2,1H3,(H,11,12)(H,13,14)/p-2. The van der Waals surface area contributed by atoms with Crippen molar-refractivity contribution in [3.8, 4) is 0 Å². The van der Waals surface area contributed by atoms with Crippen LogP contribution < -0.4 is 10.2 Å². The molecule has 0 aliphatic heterocycles. The number of carbonyl (C=O) groups is 2. The summed E-state index contributed by atoms with van der Waals surface area (Å²) < 4.78 is 0. The Morgan fingerprint density at radius 3 is 1.71 bits per heavy atom. The molecule has 0 aromatic rings. The monoisotopic (exact) mass is 196 g/mol. The van der Waals surface area contributed by atoms with Crippen molar-refractivity contribution in [3.63, 3.8) is 0 Å². The second-order valence-electron chi connectivity index (χ2n) is 2.97. The molecule has 0 radical (unpaired) electrons. The first-order chi connectivity index (χ1) is 6.41. The Balaban J connectivity index is 4.76. The summed E-state index contributed by atoms with van der Waals surface area (Å²) in [5.41, 5.74) is -0.526. The molecule has 0 saturated heterocycles. The fraction of sp³-hybridized carbons (Fsp3) is 0.400. The van der Waals surface area contributed by atoms with Gasteiger partial charge in [0.2, 0.25) is 0 Å². The molecule has 0 aliphatic rings. The van der Waals surface area contributed by atoms with E-state index < -0.39 is 17.9 Å². The second-order valence-corrected chi connectivity index (χ2v) is 2.97. The zero-order valence-corrected chi connectivity index (χ0v) is 8.04. The largest absolute Gasteiger partial charge is 0.545 e. The zero-order valence-electron chi connectivity index (χ0n) is 8.04. The highest BCUT2D eigenvalue weighted by atomic mass is 16.4. The van der Waals surface area contributed by atoms with Gasteiger partial charge in [-0.25, -0.2) is 0 Å². The van der Waals surface area contributed by atoms with E-state index in [0.29, 0.717) is 12.8 Å². The first-order valence-electron chi connectivity index (χ1n) is 4.22. The smallest absolute Gasteiger partial charge is 0.0675 e. The number of hydrogen-bond acceptors (Lipinski definition) is 4. The fourth-order valence-electron chi connectivity index (χ4n) is 1.13. The van der Waals surface area contributed by atoms with Crippen molar-refractivity contribution in [2.45, 2.75) is 19.8 Å². The maximum absolute atomic E-state index is 10.5. The van der Waals surface area contributed by atoms with E-state index in [1.807, 2.05) is 0 Å². The maximum Gasteiger partial charge on any atom is 0.0675 e. The van der Waals surface area contributed by atoms with Crippen LogP contribution in [0.4, 0.5) is 0 Å². The molecule has 0 N–H and O–H groups in total. The summed E-state index contributed by atoms with van der Waals surface area (Å²) in [5, 5.41) is 21.0. The lowest BCUT2D eigenvalue weighted by molar-refractivity contribution is -0.300. The summed E-state index contributed by atoms with van der Waals surface area (Å²) in [5.74, 6) is -3.70. The van der Waals surface area contributed by atoms with Crippen LogP contribution in [0.2, 0.25) is 0 Å². The SMILES string of the molecule is C=C(C(=O)[O-])C(CCC)C(=C)C(=O)[O-]. The first-order valence-corrected chi connectivity index (χ1v) is 4.22. The molecule has 0 rings (SSSR count). The molecule has 0 bridgehead atoms. The van der Waals surface area contributed by atoms with Gasteiger partial charge < -0.3 is 19.8 Å². The van der Waals surface area contributed by atoms with Crippen molar-refractivity contribution in [3.05, 3.63) is 24.3 Å². The molecule has 0 atom stereocenters. The minimum Gasteiger partial charge on any atom is -0.545 e. The van der Waals surface area contributed by atoms with Gasteiger partial charge in [0.25, 0.3) is 0 Å². The molecule has 4 heteroatoms. The summed E-state index contributed by atoms with van der Waals surface area (Å²) in [6, 6.07) is 0. The molecule has 0 unspecified atom stereocenters. The van der Waals surface area contributed by atoms with E-state index in [1.54, 1.807) is 6.92 Å². The van der Waals surface area contributed by atoms with E-state index in [4.69, 9.17) is 0 Å². The predicted octanol–water partition coefficient (Wildman–Crippen LogP) is -0.985. The number of hydrogen-bond donors (Lipinski definition) is 0. The van der Waals surface area contributed by atoms with E-state index in [9.17, 15) is 19.8 Å². The van der Waals surface area contributed by atoms with Gasteiger partial charge in [0, 0.05) is 5.92 Å². The van der Waals surface area contributed by atoms with Crippen LogP contribution in [0.15, 0.2) is 24.3 Å². The van der Waals surface area contributed by atoms with Gasteiger partial charge in [0.05, 0.1) is 11.9 Å². The predicted molar refractivity (Wildman–Crippen MR) is 46.7 cm³/mol. The van der Waals surface area contributed by atoms with Crippen LogP contribution in [0.25, 0.3) is 0 Å². The molecule has 14 heavy (non-hydrogen) atoms. The molecule has 0 amide bonds. The number of carboxylic acids is 2. The minimum atomic E-state index is -1.45.